The summed E-state index contributed by atoms with van der Waals surface area (Å²) in [5.74, 6) is -0.296. The van der Waals surface area contributed by atoms with Crippen molar-refractivity contribution in [3.05, 3.63) is 65.7 Å². The van der Waals surface area contributed by atoms with E-state index in [2.05, 4.69) is 21.0 Å². The van der Waals surface area contributed by atoms with E-state index in [1.54, 1.807) is 0 Å². The average molecular weight is 397 g/mol. The predicted molar refractivity (Wildman–Crippen MR) is 102 cm³/mol. The molecule has 1 saturated heterocycles. The van der Waals surface area contributed by atoms with Gasteiger partial charge in [-0.1, -0.05) is 60.2 Å². The number of tetrazole rings is 1. The van der Waals surface area contributed by atoms with Crippen molar-refractivity contribution in [3.63, 3.8) is 0 Å². The SMILES string of the molecule is Cc1ccc(C2C(Cl)C(=O)N2NC(=O)Cn2nnnc2-c2ccccc2)cc1. The van der Waals surface area contributed by atoms with Crippen LogP contribution in [-0.2, 0) is 16.1 Å². The van der Waals surface area contributed by atoms with Crippen LogP contribution in [0, 0.1) is 6.92 Å². The molecular weight excluding hydrogens is 380 g/mol. The molecule has 2 heterocycles. The number of benzene rings is 2. The molecule has 1 aliphatic rings. The lowest BCUT2D eigenvalue weighted by Gasteiger charge is -2.43. The Bertz CT molecular complexity index is 1000. The Kier molecular flexibility index (Phi) is 4.79. The fourth-order valence-corrected chi connectivity index (χ4v) is 3.43. The lowest BCUT2D eigenvalue weighted by molar-refractivity contribution is -0.156. The molecular formula is C19H17ClN6O2. The minimum atomic E-state index is -0.712. The molecule has 0 saturated carbocycles. The molecule has 0 aliphatic carbocycles. The fourth-order valence-electron chi connectivity index (χ4n) is 3.07. The molecule has 0 bridgehead atoms. The standard InChI is InChI=1S/C19H17ClN6O2/c1-12-7-9-13(10-8-12)17-16(20)19(28)26(17)22-15(27)11-25-18(21-23-24-25)14-5-3-2-4-6-14/h2-10,16-17H,11H2,1H3,(H,22,27). The van der Waals surface area contributed by atoms with Gasteiger partial charge < -0.3 is 0 Å². The maximum absolute atomic E-state index is 12.5. The second-order valence-corrected chi connectivity index (χ2v) is 7.00. The van der Waals surface area contributed by atoms with Crippen molar-refractivity contribution in [3.8, 4) is 11.4 Å². The van der Waals surface area contributed by atoms with E-state index >= 15 is 0 Å². The summed E-state index contributed by atoms with van der Waals surface area (Å²) < 4.78 is 1.38. The number of nitrogens with zero attached hydrogens (tertiary/aromatic N) is 5. The summed E-state index contributed by atoms with van der Waals surface area (Å²) in [5.41, 5.74) is 5.37. The van der Waals surface area contributed by atoms with Gasteiger partial charge in [-0.15, -0.1) is 16.7 Å². The topological polar surface area (TPSA) is 93.0 Å². The number of aromatic nitrogens is 4. The lowest BCUT2D eigenvalue weighted by Crippen LogP contribution is -2.63. The number of aryl methyl sites for hydroxylation is 1. The van der Waals surface area contributed by atoms with Crippen molar-refractivity contribution >= 4 is 23.4 Å². The Balaban J connectivity index is 1.47. The van der Waals surface area contributed by atoms with Crippen LogP contribution in [0.3, 0.4) is 0 Å². The van der Waals surface area contributed by atoms with Crippen LogP contribution in [0.1, 0.15) is 17.2 Å². The van der Waals surface area contributed by atoms with Crippen molar-refractivity contribution in [2.75, 3.05) is 0 Å². The summed E-state index contributed by atoms with van der Waals surface area (Å²) in [5, 5.41) is 12.0. The van der Waals surface area contributed by atoms with Crippen LogP contribution in [0.5, 0.6) is 0 Å². The summed E-state index contributed by atoms with van der Waals surface area (Å²) in [7, 11) is 0. The van der Waals surface area contributed by atoms with Crippen LogP contribution in [-0.4, -0.2) is 42.4 Å². The Morgan fingerprint density at radius 3 is 2.57 bits per heavy atom. The highest BCUT2D eigenvalue weighted by Crippen LogP contribution is 2.37. The van der Waals surface area contributed by atoms with E-state index in [1.165, 1.54) is 9.69 Å². The van der Waals surface area contributed by atoms with Crippen molar-refractivity contribution in [2.45, 2.75) is 24.9 Å². The molecule has 9 heteroatoms. The summed E-state index contributed by atoms with van der Waals surface area (Å²) in [6.45, 7) is 1.85. The highest BCUT2D eigenvalue weighted by molar-refractivity contribution is 6.33. The molecule has 28 heavy (non-hydrogen) atoms. The molecule has 2 atom stereocenters. The van der Waals surface area contributed by atoms with Gasteiger partial charge in [0.1, 0.15) is 18.0 Å². The summed E-state index contributed by atoms with van der Waals surface area (Å²) in [6.07, 6.45) is 0. The van der Waals surface area contributed by atoms with E-state index in [9.17, 15) is 9.59 Å². The van der Waals surface area contributed by atoms with E-state index in [-0.39, 0.29) is 12.5 Å². The number of hydrogen-bond acceptors (Lipinski definition) is 5. The first-order chi connectivity index (χ1) is 13.5. The van der Waals surface area contributed by atoms with Crippen LogP contribution in [0.2, 0.25) is 0 Å². The van der Waals surface area contributed by atoms with Crippen LogP contribution in [0.25, 0.3) is 11.4 Å². The highest BCUT2D eigenvalue weighted by Gasteiger charge is 2.48. The van der Waals surface area contributed by atoms with Crippen LogP contribution in [0.4, 0.5) is 0 Å². The molecule has 3 aromatic rings. The Labute approximate surface area is 166 Å². The third kappa shape index (κ3) is 3.34. The first-order valence-corrected chi connectivity index (χ1v) is 9.13. The monoisotopic (exact) mass is 396 g/mol. The van der Waals surface area contributed by atoms with Crippen molar-refractivity contribution < 1.29 is 9.59 Å². The van der Waals surface area contributed by atoms with E-state index in [0.717, 1.165) is 16.7 Å². The first-order valence-electron chi connectivity index (χ1n) is 8.69. The second-order valence-electron chi connectivity index (χ2n) is 6.53. The highest BCUT2D eigenvalue weighted by atomic mass is 35.5. The van der Waals surface area contributed by atoms with Crippen LogP contribution >= 0.6 is 11.6 Å². The van der Waals surface area contributed by atoms with Crippen molar-refractivity contribution in [1.29, 1.82) is 0 Å². The van der Waals surface area contributed by atoms with E-state index in [1.807, 2.05) is 61.5 Å². The lowest BCUT2D eigenvalue weighted by atomic mass is 9.95. The number of carbonyl (C=O) groups is 2. The maximum atomic E-state index is 12.5. The number of β-lactam (4-membered cyclic amide) rings is 1. The largest absolute Gasteiger partial charge is 0.271 e. The van der Waals surface area contributed by atoms with E-state index < -0.39 is 17.3 Å². The Morgan fingerprint density at radius 2 is 1.86 bits per heavy atom. The van der Waals surface area contributed by atoms with Gasteiger partial charge in [-0.3, -0.25) is 15.0 Å². The quantitative estimate of drug-likeness (QED) is 0.525. The second kappa shape index (κ2) is 7.40. The molecule has 2 amide bonds. The first kappa shape index (κ1) is 18.1. The zero-order valence-electron chi connectivity index (χ0n) is 15.0. The van der Waals surface area contributed by atoms with Gasteiger partial charge in [0.05, 0.1) is 0 Å². The molecule has 1 N–H and O–H groups in total. The fraction of sp³-hybridized carbons (Fsp3) is 0.211. The smallest absolute Gasteiger partial charge is 0.262 e. The van der Waals surface area contributed by atoms with E-state index in [0.29, 0.717) is 5.82 Å². The molecule has 1 aromatic heterocycles. The average Bonchev–Trinajstić information content (AvgIpc) is 3.17. The number of halogens is 1. The van der Waals surface area contributed by atoms with Gasteiger partial charge in [0, 0.05) is 5.56 Å². The third-order valence-corrected chi connectivity index (χ3v) is 4.98. The molecule has 4 rings (SSSR count). The molecule has 2 unspecified atom stereocenters. The summed E-state index contributed by atoms with van der Waals surface area (Å²) in [6, 6.07) is 16.6. The number of amides is 2. The van der Waals surface area contributed by atoms with Crippen molar-refractivity contribution in [1.82, 2.24) is 30.6 Å². The predicted octanol–water partition coefficient (Wildman–Crippen LogP) is 1.87. The van der Waals surface area contributed by atoms with Gasteiger partial charge in [0.15, 0.2) is 5.82 Å². The molecule has 1 aliphatic heterocycles. The van der Waals surface area contributed by atoms with Gasteiger partial charge in [-0.05, 0) is 22.9 Å². The summed E-state index contributed by atoms with van der Waals surface area (Å²) in [4.78, 5) is 24.7. The molecule has 1 fully saturated rings. The number of nitrogens with one attached hydrogen (secondary N) is 1. The normalized spacial score (nSPS) is 18.6. The molecule has 8 nitrogen and oxygen atoms in total. The van der Waals surface area contributed by atoms with Crippen LogP contribution < -0.4 is 5.43 Å². The number of rotatable bonds is 5. The maximum Gasteiger partial charge on any atom is 0.262 e. The zero-order chi connectivity index (χ0) is 19.7. The summed E-state index contributed by atoms with van der Waals surface area (Å²) >= 11 is 6.19. The van der Waals surface area contributed by atoms with Gasteiger partial charge in [0.25, 0.3) is 11.8 Å². The van der Waals surface area contributed by atoms with Gasteiger partial charge >= 0.3 is 0 Å². The number of alkyl halides is 1. The Hall–Kier alpha value is -3.26. The van der Waals surface area contributed by atoms with Crippen LogP contribution in [0.15, 0.2) is 54.6 Å². The minimum Gasteiger partial charge on any atom is -0.271 e. The number of hydrazine groups is 1. The minimum absolute atomic E-state index is 0.130. The zero-order valence-corrected chi connectivity index (χ0v) is 15.7. The van der Waals surface area contributed by atoms with Gasteiger partial charge in [-0.25, -0.2) is 9.69 Å². The number of hydrogen-bond donors (Lipinski definition) is 1. The molecule has 0 spiro atoms. The molecule has 2 aromatic carbocycles. The molecule has 0 radical (unpaired) electrons. The third-order valence-electron chi connectivity index (χ3n) is 4.55. The van der Waals surface area contributed by atoms with E-state index in [4.69, 9.17) is 11.6 Å². The Morgan fingerprint density at radius 1 is 1.14 bits per heavy atom. The van der Waals surface area contributed by atoms with Crippen molar-refractivity contribution in [2.24, 2.45) is 0 Å². The molecule has 142 valence electrons. The van der Waals surface area contributed by atoms with Gasteiger partial charge in [0.2, 0.25) is 0 Å². The van der Waals surface area contributed by atoms with Gasteiger partial charge in [-0.2, -0.15) is 0 Å². The number of carbonyl (C=O) groups excluding carboxylic acids is 2.